The van der Waals surface area contributed by atoms with Crippen LogP contribution in [0.3, 0.4) is 0 Å². The quantitative estimate of drug-likeness (QED) is 0.740. The second-order valence-corrected chi connectivity index (χ2v) is 3.52. The number of aryl methyl sites for hydroxylation is 1. The Hall–Kier alpha value is -1.06. The molecule has 1 rings (SSSR count). The van der Waals surface area contributed by atoms with Crippen molar-refractivity contribution < 1.29 is 9.84 Å². The van der Waals surface area contributed by atoms with Crippen LogP contribution >= 0.6 is 0 Å². The van der Waals surface area contributed by atoms with E-state index in [4.69, 9.17) is 4.74 Å². The molecule has 0 aliphatic carbocycles. The van der Waals surface area contributed by atoms with Crippen molar-refractivity contribution in [1.82, 2.24) is 5.32 Å². The SMILES string of the molecule is CCc1ccc(OC[C@@H](O)CNC)cc1. The van der Waals surface area contributed by atoms with E-state index in [2.05, 4.69) is 12.2 Å². The molecule has 0 radical (unpaired) electrons. The van der Waals surface area contributed by atoms with Crippen LogP contribution in [0.25, 0.3) is 0 Å². The smallest absolute Gasteiger partial charge is 0.119 e. The van der Waals surface area contributed by atoms with Gasteiger partial charge in [0.25, 0.3) is 0 Å². The Balaban J connectivity index is 2.37. The summed E-state index contributed by atoms with van der Waals surface area (Å²) in [5, 5.41) is 12.3. The monoisotopic (exact) mass is 209 g/mol. The van der Waals surface area contributed by atoms with Crippen molar-refractivity contribution in [3.8, 4) is 5.75 Å². The predicted octanol–water partition coefficient (Wildman–Crippen LogP) is 1.21. The zero-order chi connectivity index (χ0) is 11.1. The fourth-order valence-electron chi connectivity index (χ4n) is 1.31. The first-order chi connectivity index (χ1) is 7.26. The van der Waals surface area contributed by atoms with Gasteiger partial charge in [-0.2, -0.15) is 0 Å². The van der Waals surface area contributed by atoms with Gasteiger partial charge in [-0.25, -0.2) is 0 Å². The number of ether oxygens (including phenoxy) is 1. The summed E-state index contributed by atoms with van der Waals surface area (Å²) in [4.78, 5) is 0. The lowest BCUT2D eigenvalue weighted by Gasteiger charge is -2.11. The van der Waals surface area contributed by atoms with Gasteiger partial charge < -0.3 is 15.2 Å². The van der Waals surface area contributed by atoms with Crippen LogP contribution in [-0.2, 0) is 6.42 Å². The van der Waals surface area contributed by atoms with E-state index >= 15 is 0 Å². The van der Waals surface area contributed by atoms with Crippen LogP contribution in [0.1, 0.15) is 12.5 Å². The number of likely N-dealkylation sites (N-methyl/N-ethyl adjacent to an activating group) is 1. The number of aliphatic hydroxyl groups excluding tert-OH is 1. The normalized spacial score (nSPS) is 12.5. The molecule has 0 saturated heterocycles. The molecule has 3 heteroatoms. The fraction of sp³-hybridized carbons (Fsp3) is 0.500. The van der Waals surface area contributed by atoms with Gasteiger partial charge in [0.2, 0.25) is 0 Å². The topological polar surface area (TPSA) is 41.5 Å². The molecule has 15 heavy (non-hydrogen) atoms. The average Bonchev–Trinajstić information content (AvgIpc) is 2.27. The molecule has 1 aromatic rings. The molecule has 0 aliphatic heterocycles. The zero-order valence-electron chi connectivity index (χ0n) is 9.36. The predicted molar refractivity (Wildman–Crippen MR) is 61.2 cm³/mol. The summed E-state index contributed by atoms with van der Waals surface area (Å²) in [6.07, 6.45) is 0.573. The second-order valence-electron chi connectivity index (χ2n) is 3.52. The van der Waals surface area contributed by atoms with Crippen LogP contribution in [0.4, 0.5) is 0 Å². The van der Waals surface area contributed by atoms with E-state index in [1.54, 1.807) is 7.05 Å². The van der Waals surface area contributed by atoms with E-state index in [0.717, 1.165) is 12.2 Å². The molecule has 2 N–H and O–H groups in total. The highest BCUT2D eigenvalue weighted by Crippen LogP contribution is 2.12. The third kappa shape index (κ3) is 4.32. The van der Waals surface area contributed by atoms with E-state index in [1.165, 1.54) is 5.56 Å². The lowest BCUT2D eigenvalue weighted by Crippen LogP contribution is -2.29. The van der Waals surface area contributed by atoms with Gasteiger partial charge >= 0.3 is 0 Å². The van der Waals surface area contributed by atoms with Crippen LogP contribution < -0.4 is 10.1 Å². The largest absolute Gasteiger partial charge is 0.491 e. The summed E-state index contributed by atoms with van der Waals surface area (Å²) in [5.74, 6) is 0.808. The Bertz CT molecular complexity index is 271. The molecule has 1 aromatic carbocycles. The Morgan fingerprint density at radius 3 is 2.53 bits per heavy atom. The summed E-state index contributed by atoms with van der Waals surface area (Å²) >= 11 is 0. The first-order valence-corrected chi connectivity index (χ1v) is 5.30. The highest BCUT2D eigenvalue weighted by atomic mass is 16.5. The lowest BCUT2D eigenvalue weighted by atomic mass is 10.2. The number of rotatable bonds is 6. The Kier molecular flexibility index (Phi) is 5.15. The van der Waals surface area contributed by atoms with Crippen LogP contribution in [0, 0.1) is 0 Å². The maximum Gasteiger partial charge on any atom is 0.119 e. The van der Waals surface area contributed by atoms with E-state index in [9.17, 15) is 5.11 Å². The molecule has 0 spiro atoms. The van der Waals surface area contributed by atoms with E-state index in [-0.39, 0.29) is 0 Å². The zero-order valence-corrected chi connectivity index (χ0v) is 9.36. The van der Waals surface area contributed by atoms with Crippen LogP contribution in [0.5, 0.6) is 5.75 Å². The summed E-state index contributed by atoms with van der Waals surface area (Å²) in [6.45, 7) is 2.99. The number of benzene rings is 1. The third-order valence-electron chi connectivity index (χ3n) is 2.21. The number of hydrogen-bond donors (Lipinski definition) is 2. The number of hydrogen-bond acceptors (Lipinski definition) is 3. The lowest BCUT2D eigenvalue weighted by molar-refractivity contribution is 0.108. The van der Waals surface area contributed by atoms with Crippen LogP contribution in [-0.4, -0.2) is 31.4 Å². The summed E-state index contributed by atoms with van der Waals surface area (Å²) in [7, 11) is 1.80. The van der Waals surface area contributed by atoms with E-state index < -0.39 is 6.10 Å². The molecular formula is C12H19NO2. The van der Waals surface area contributed by atoms with E-state index in [0.29, 0.717) is 13.2 Å². The van der Waals surface area contributed by atoms with Gasteiger partial charge in [-0.15, -0.1) is 0 Å². The molecule has 0 saturated carbocycles. The molecule has 0 amide bonds. The molecule has 1 atom stereocenters. The van der Waals surface area contributed by atoms with Crippen molar-refractivity contribution in [2.75, 3.05) is 20.2 Å². The standard InChI is InChI=1S/C12H19NO2/c1-3-10-4-6-12(7-5-10)15-9-11(14)8-13-2/h4-7,11,13-14H,3,8-9H2,1-2H3/t11-/m0/s1. The first-order valence-electron chi connectivity index (χ1n) is 5.30. The first kappa shape index (κ1) is 12.0. The molecule has 0 fully saturated rings. The third-order valence-corrected chi connectivity index (χ3v) is 2.21. The number of aliphatic hydroxyl groups is 1. The molecule has 84 valence electrons. The van der Waals surface area contributed by atoms with Crippen LogP contribution in [0.15, 0.2) is 24.3 Å². The Morgan fingerprint density at radius 1 is 1.33 bits per heavy atom. The molecule has 0 aliphatic rings. The highest BCUT2D eigenvalue weighted by Gasteiger charge is 2.03. The molecule has 0 aromatic heterocycles. The summed E-state index contributed by atoms with van der Waals surface area (Å²) < 4.78 is 5.43. The van der Waals surface area contributed by atoms with Crippen molar-refractivity contribution in [1.29, 1.82) is 0 Å². The molecular weight excluding hydrogens is 190 g/mol. The fourth-order valence-corrected chi connectivity index (χ4v) is 1.31. The minimum atomic E-state index is -0.458. The van der Waals surface area contributed by atoms with Crippen molar-refractivity contribution in [3.05, 3.63) is 29.8 Å². The van der Waals surface area contributed by atoms with Crippen LogP contribution in [0.2, 0.25) is 0 Å². The Labute approximate surface area is 91.1 Å². The minimum absolute atomic E-state index is 0.326. The molecule has 0 bridgehead atoms. The highest BCUT2D eigenvalue weighted by molar-refractivity contribution is 5.27. The summed E-state index contributed by atoms with van der Waals surface area (Å²) in [6, 6.07) is 7.95. The average molecular weight is 209 g/mol. The molecule has 0 unspecified atom stereocenters. The van der Waals surface area contributed by atoms with Gasteiger partial charge in [0.1, 0.15) is 18.5 Å². The molecule has 3 nitrogen and oxygen atoms in total. The van der Waals surface area contributed by atoms with Crippen molar-refractivity contribution in [2.24, 2.45) is 0 Å². The van der Waals surface area contributed by atoms with Gasteiger partial charge in [-0.05, 0) is 31.2 Å². The van der Waals surface area contributed by atoms with Gasteiger partial charge in [0, 0.05) is 6.54 Å². The van der Waals surface area contributed by atoms with Crippen molar-refractivity contribution >= 4 is 0 Å². The molecule has 0 heterocycles. The maximum absolute atomic E-state index is 9.42. The minimum Gasteiger partial charge on any atom is -0.491 e. The van der Waals surface area contributed by atoms with Gasteiger partial charge in [0.15, 0.2) is 0 Å². The van der Waals surface area contributed by atoms with Gasteiger partial charge in [0.05, 0.1) is 0 Å². The second kappa shape index (κ2) is 6.43. The van der Waals surface area contributed by atoms with Gasteiger partial charge in [-0.1, -0.05) is 19.1 Å². The Morgan fingerprint density at radius 2 is 2.00 bits per heavy atom. The van der Waals surface area contributed by atoms with E-state index in [1.807, 2.05) is 24.3 Å². The summed E-state index contributed by atoms with van der Waals surface area (Å²) in [5.41, 5.74) is 1.29. The van der Waals surface area contributed by atoms with Crippen molar-refractivity contribution in [3.63, 3.8) is 0 Å². The van der Waals surface area contributed by atoms with Gasteiger partial charge in [-0.3, -0.25) is 0 Å². The number of nitrogens with one attached hydrogen (secondary N) is 1. The maximum atomic E-state index is 9.42. The van der Waals surface area contributed by atoms with Crippen molar-refractivity contribution in [2.45, 2.75) is 19.4 Å².